The summed E-state index contributed by atoms with van der Waals surface area (Å²) < 4.78 is 134. The normalized spacial score (nSPS) is 17.6. The van der Waals surface area contributed by atoms with Crippen LogP contribution in [0.1, 0.15) is 58.8 Å². The van der Waals surface area contributed by atoms with E-state index < -0.39 is 107 Å². The third kappa shape index (κ3) is 7.50. The number of rotatable bonds is 13. The number of anilines is 1. The van der Waals surface area contributed by atoms with Crippen LogP contribution < -0.4 is 15.6 Å². The number of carbonyl (C=O) groups is 1. The van der Waals surface area contributed by atoms with Gasteiger partial charge in [-0.15, -0.1) is 0 Å². The van der Waals surface area contributed by atoms with Gasteiger partial charge in [0.2, 0.25) is 5.91 Å². The molecule has 1 saturated carbocycles. The zero-order chi connectivity index (χ0) is 42.9. The lowest BCUT2D eigenvalue weighted by Crippen LogP contribution is -2.38. The van der Waals surface area contributed by atoms with Gasteiger partial charge in [0.1, 0.15) is 58.6 Å². The van der Waals surface area contributed by atoms with Crippen molar-refractivity contribution in [1.29, 1.82) is 0 Å². The molecule has 23 heteroatoms. The van der Waals surface area contributed by atoms with Crippen molar-refractivity contribution in [3.8, 4) is 17.2 Å². The molecule has 1 fully saturated rings. The molecule has 0 bridgehead atoms. The molecule has 2 N–H and O–H groups in total. The summed E-state index contributed by atoms with van der Waals surface area (Å²) in [6.45, 7) is -0.478. The highest BCUT2D eigenvalue weighted by molar-refractivity contribution is 7.85. The Morgan fingerprint density at radius 2 is 1.77 bits per heavy atom. The van der Waals surface area contributed by atoms with Gasteiger partial charge in [0.05, 0.1) is 27.7 Å². The number of halogens is 9. The monoisotopic (exact) mass is 880 g/mol. The topological polar surface area (TPSA) is 155 Å². The molecule has 13 nitrogen and oxygen atoms in total. The third-order valence-corrected chi connectivity index (χ3v) is 10.8. The summed E-state index contributed by atoms with van der Waals surface area (Å²) >= 11 is 6.56. The maximum Gasteiger partial charge on any atom is 0.293 e. The van der Waals surface area contributed by atoms with Crippen LogP contribution in [0, 0.1) is 24.5 Å². The Labute approximate surface area is 340 Å². The number of aryl methyl sites for hydroxylation is 1. The van der Waals surface area contributed by atoms with Crippen molar-refractivity contribution in [2.24, 2.45) is 5.92 Å². The van der Waals surface area contributed by atoms with Crippen LogP contribution in [0.25, 0.3) is 28.1 Å². The average Bonchev–Trinajstić information content (AvgIpc) is 3.68. The smallest absolute Gasteiger partial charge is 0.293 e. The van der Waals surface area contributed by atoms with Crippen LogP contribution in [0.2, 0.25) is 5.02 Å². The summed E-state index contributed by atoms with van der Waals surface area (Å²) in [6.07, 6.45) is -4.23. The van der Waals surface area contributed by atoms with Gasteiger partial charge in [-0.05, 0) is 55.2 Å². The van der Waals surface area contributed by atoms with Crippen molar-refractivity contribution in [3.05, 3.63) is 110 Å². The maximum absolute atomic E-state index is 15.5. The second-order valence-electron chi connectivity index (χ2n) is 14.2. The molecular formula is C37H29ClF8N10O3S. The van der Waals surface area contributed by atoms with Gasteiger partial charge < -0.3 is 5.32 Å². The predicted octanol–water partition coefficient (Wildman–Crippen LogP) is 6.69. The minimum Gasteiger partial charge on any atom is -0.344 e. The summed E-state index contributed by atoms with van der Waals surface area (Å²) in [5, 5.41) is 10.3. The van der Waals surface area contributed by atoms with Gasteiger partial charge in [0.25, 0.3) is 24.3 Å². The number of hydrogen-bond acceptors (Lipinski definition) is 8. The molecule has 2 aromatic carbocycles. The molecule has 6 aromatic rings. The van der Waals surface area contributed by atoms with Crippen molar-refractivity contribution in [1.82, 2.24) is 44.4 Å². The van der Waals surface area contributed by atoms with Gasteiger partial charge in [0.15, 0.2) is 11.6 Å². The molecule has 4 aromatic heterocycles. The molecule has 314 valence electrons. The summed E-state index contributed by atoms with van der Waals surface area (Å²) in [5.74, 6) is -9.57. The second kappa shape index (κ2) is 15.4. The lowest BCUT2D eigenvalue weighted by atomic mass is 10.0. The highest BCUT2D eigenvalue weighted by Crippen LogP contribution is 2.68. The molecule has 60 heavy (non-hydrogen) atoms. The van der Waals surface area contributed by atoms with Gasteiger partial charge in [-0.25, -0.2) is 45.5 Å². The molecule has 0 spiro atoms. The van der Waals surface area contributed by atoms with Crippen LogP contribution in [-0.4, -0.2) is 61.9 Å². The van der Waals surface area contributed by atoms with Crippen LogP contribution in [0.4, 0.5) is 40.9 Å². The van der Waals surface area contributed by atoms with Crippen molar-refractivity contribution in [2.75, 3.05) is 11.0 Å². The quantitative estimate of drug-likeness (QED) is 0.122. The van der Waals surface area contributed by atoms with Crippen LogP contribution in [0.5, 0.6) is 0 Å². The minimum atomic E-state index is -3.58. The van der Waals surface area contributed by atoms with Gasteiger partial charge in [-0.2, -0.15) is 19.0 Å². The SMILES string of the molecule is Cc1ccnc(-c2cc(=O)n(-c3ccc(Cl)c4c(NS(C)=O)nn(CC(F)F)c34)c(C(Cc3cc(F)cc(F)c3)NC(=O)Cn3nc(C(F)F)c4c3C(F)(F)C3CC43)n2)n1. The van der Waals surface area contributed by atoms with Crippen molar-refractivity contribution < 1.29 is 44.1 Å². The molecule has 2 aliphatic rings. The van der Waals surface area contributed by atoms with Crippen molar-refractivity contribution in [2.45, 2.75) is 63.6 Å². The molecule has 1 amide bonds. The number of hydrogen-bond donors (Lipinski definition) is 2. The molecule has 0 saturated heterocycles. The number of benzene rings is 2. The first-order valence-electron chi connectivity index (χ1n) is 17.9. The van der Waals surface area contributed by atoms with E-state index in [1.807, 2.05) is 0 Å². The Hall–Kier alpha value is -5.77. The molecule has 4 unspecified atom stereocenters. The number of fused-ring (bicyclic) bond motifs is 4. The van der Waals surface area contributed by atoms with Crippen LogP contribution in [-0.2, 0) is 41.2 Å². The predicted molar refractivity (Wildman–Crippen MR) is 200 cm³/mol. The number of alkyl halides is 6. The van der Waals surface area contributed by atoms with E-state index in [9.17, 15) is 40.1 Å². The Bertz CT molecular complexity index is 2780. The first-order chi connectivity index (χ1) is 28.4. The van der Waals surface area contributed by atoms with E-state index in [-0.39, 0.29) is 56.5 Å². The Balaban J connectivity index is 1.34. The molecule has 4 atom stereocenters. The minimum absolute atomic E-state index is 0.0316. The Kier molecular flexibility index (Phi) is 10.5. The van der Waals surface area contributed by atoms with E-state index in [0.29, 0.717) is 16.4 Å². The molecule has 0 aliphatic heterocycles. The first-order valence-corrected chi connectivity index (χ1v) is 19.9. The number of aromatic nitrogens is 8. The van der Waals surface area contributed by atoms with Gasteiger partial charge in [0, 0.05) is 48.2 Å². The summed E-state index contributed by atoms with van der Waals surface area (Å²) in [5.41, 5.74) is -3.23. The van der Waals surface area contributed by atoms with E-state index in [0.717, 1.165) is 27.4 Å². The number of nitrogens with zero attached hydrogens (tertiary/aromatic N) is 8. The number of nitrogens with one attached hydrogen (secondary N) is 2. The fraction of sp³-hybridized carbons (Fsp3) is 0.324. The highest BCUT2D eigenvalue weighted by Gasteiger charge is 2.67. The Morgan fingerprint density at radius 1 is 1.03 bits per heavy atom. The molecule has 2 aliphatic carbocycles. The fourth-order valence-electron chi connectivity index (χ4n) is 7.70. The van der Waals surface area contributed by atoms with E-state index >= 15 is 8.78 Å². The molecule has 0 radical (unpaired) electrons. The first kappa shape index (κ1) is 41.0. The average molecular weight is 881 g/mol. The zero-order valence-corrected chi connectivity index (χ0v) is 32.5. The van der Waals surface area contributed by atoms with E-state index in [1.165, 1.54) is 24.6 Å². The highest BCUT2D eigenvalue weighted by atomic mass is 35.5. The lowest BCUT2D eigenvalue weighted by Gasteiger charge is -2.24. The lowest BCUT2D eigenvalue weighted by molar-refractivity contribution is -0.123. The fourth-order valence-corrected chi connectivity index (χ4v) is 8.36. The van der Waals surface area contributed by atoms with Gasteiger partial charge in [-0.1, -0.05) is 11.6 Å². The zero-order valence-electron chi connectivity index (χ0n) is 30.9. The molecular weight excluding hydrogens is 852 g/mol. The number of amides is 1. The van der Waals surface area contributed by atoms with Gasteiger partial charge in [-0.3, -0.25) is 28.2 Å². The van der Waals surface area contributed by atoms with Gasteiger partial charge >= 0.3 is 0 Å². The van der Waals surface area contributed by atoms with Crippen molar-refractivity contribution >= 4 is 45.2 Å². The largest absolute Gasteiger partial charge is 0.344 e. The Morgan fingerprint density at radius 3 is 2.43 bits per heavy atom. The number of carbonyl (C=O) groups excluding carboxylic acids is 1. The summed E-state index contributed by atoms with van der Waals surface area (Å²) in [6, 6.07) is 5.86. The van der Waals surface area contributed by atoms with Crippen LogP contribution in [0.3, 0.4) is 0 Å². The van der Waals surface area contributed by atoms with Crippen LogP contribution >= 0.6 is 11.6 Å². The standard InChI is InChI=1S/C37H29ClF8N10O3S/c1-15-5-6-47-34(48-15)22-12-27(58)56(24-4-3-21(38)29-31(24)54(13-25(41)42)52-35(29)53-60(2)59)36(50-22)23(9-16-7-17(39)10-18(40)8-16)49-26(57)14-55-32-28(30(51-55)33(43)44)19-11-20(19)37(32,45)46/h3-8,10,12,19-20,23,25,33H,9,11,13-14H2,1-2H3,(H,49,57)(H,52,53). The van der Waals surface area contributed by atoms with E-state index in [2.05, 4.69) is 35.2 Å². The summed E-state index contributed by atoms with van der Waals surface area (Å²) in [7, 11) is -1.80. The second-order valence-corrected chi connectivity index (χ2v) is 15.8. The summed E-state index contributed by atoms with van der Waals surface area (Å²) in [4.78, 5) is 41.7. The molecule has 4 heterocycles. The van der Waals surface area contributed by atoms with Crippen molar-refractivity contribution in [3.63, 3.8) is 0 Å². The molecule has 8 rings (SSSR count). The maximum atomic E-state index is 15.5. The van der Waals surface area contributed by atoms with E-state index in [4.69, 9.17) is 11.6 Å². The third-order valence-electron chi connectivity index (χ3n) is 10.1. The van der Waals surface area contributed by atoms with Crippen LogP contribution in [0.15, 0.2) is 53.5 Å². The van der Waals surface area contributed by atoms with E-state index in [1.54, 1.807) is 13.0 Å².